The van der Waals surface area contributed by atoms with Crippen LogP contribution in [0.1, 0.15) is 32.3 Å². The molecule has 0 saturated carbocycles. The summed E-state index contributed by atoms with van der Waals surface area (Å²) >= 11 is 6.16. The maximum absolute atomic E-state index is 13.2. The lowest BCUT2D eigenvalue weighted by Crippen LogP contribution is -2.54. The summed E-state index contributed by atoms with van der Waals surface area (Å²) in [6.45, 7) is 3.87. The summed E-state index contributed by atoms with van der Waals surface area (Å²) in [6, 6.07) is 4.30. The van der Waals surface area contributed by atoms with E-state index in [-0.39, 0.29) is 11.8 Å². The van der Waals surface area contributed by atoms with Gasteiger partial charge in [-0.25, -0.2) is 0 Å². The molecule has 0 aromatic heterocycles. The van der Waals surface area contributed by atoms with Crippen molar-refractivity contribution in [2.24, 2.45) is 11.8 Å². The number of hydrogen-bond donors (Lipinski definition) is 3. The summed E-state index contributed by atoms with van der Waals surface area (Å²) in [6.07, 6.45) is 0.635. The summed E-state index contributed by atoms with van der Waals surface area (Å²) in [5.74, 6) is -2.77. The molecule has 3 amide bonds. The molecule has 7 nitrogen and oxygen atoms in total. The smallest absolute Gasteiger partial charge is 0.250 e. The van der Waals surface area contributed by atoms with Crippen molar-refractivity contribution in [3.8, 4) is 0 Å². The summed E-state index contributed by atoms with van der Waals surface area (Å²) in [7, 11) is 0. The van der Waals surface area contributed by atoms with Crippen LogP contribution in [-0.4, -0.2) is 46.4 Å². The van der Waals surface area contributed by atoms with Crippen molar-refractivity contribution in [1.29, 1.82) is 0 Å². The van der Waals surface area contributed by atoms with Crippen LogP contribution in [0, 0.1) is 11.8 Å². The van der Waals surface area contributed by atoms with Crippen LogP contribution in [0.2, 0.25) is 5.02 Å². The molecule has 1 aromatic carbocycles. The third kappa shape index (κ3) is 2.38. The van der Waals surface area contributed by atoms with Crippen molar-refractivity contribution in [2.75, 3.05) is 11.9 Å². The van der Waals surface area contributed by atoms with Gasteiger partial charge in [0.2, 0.25) is 17.7 Å². The van der Waals surface area contributed by atoms with E-state index in [4.69, 9.17) is 11.6 Å². The predicted molar refractivity (Wildman–Crippen MR) is 99.0 cm³/mol. The number of amides is 3. The van der Waals surface area contributed by atoms with Crippen molar-refractivity contribution >= 4 is 35.0 Å². The molecule has 3 unspecified atom stereocenters. The largest absolute Gasteiger partial charge is 0.392 e. The zero-order chi connectivity index (χ0) is 19.5. The maximum Gasteiger partial charge on any atom is 0.250 e. The first-order valence-corrected chi connectivity index (χ1v) is 9.63. The Labute approximate surface area is 162 Å². The highest BCUT2D eigenvalue weighted by atomic mass is 35.5. The van der Waals surface area contributed by atoms with Crippen LogP contribution in [-0.2, 0) is 19.9 Å². The standard InChI is InChI=1S/C19H22ClN3O4/c1-3-4-7-23-16(25)13-14(17(23)26)19(22-15(13)9(2)24)11-8-10(20)5-6-12(11)21-18(19)27/h5-6,8-9,13-15,22,24H,3-4,7H2,1-2H3,(H,21,27)/t9?,13-,14-,15?,19?/m0/s1. The molecule has 3 aliphatic heterocycles. The van der Waals surface area contributed by atoms with E-state index >= 15 is 0 Å². The molecule has 144 valence electrons. The minimum absolute atomic E-state index is 0.322. The molecule has 1 aromatic rings. The monoisotopic (exact) mass is 391 g/mol. The molecule has 2 saturated heterocycles. The van der Waals surface area contributed by atoms with Crippen LogP contribution < -0.4 is 10.6 Å². The highest BCUT2D eigenvalue weighted by molar-refractivity contribution is 6.31. The normalized spacial score (nSPS) is 32.8. The number of carbonyl (C=O) groups excluding carboxylic acids is 3. The molecule has 1 spiro atoms. The van der Waals surface area contributed by atoms with E-state index < -0.39 is 35.4 Å². The van der Waals surface area contributed by atoms with E-state index in [2.05, 4.69) is 10.6 Å². The van der Waals surface area contributed by atoms with Gasteiger partial charge in [0.1, 0.15) is 5.54 Å². The first kappa shape index (κ1) is 18.4. The summed E-state index contributed by atoms with van der Waals surface area (Å²) < 4.78 is 0. The van der Waals surface area contributed by atoms with E-state index in [0.717, 1.165) is 6.42 Å². The number of unbranched alkanes of at least 4 members (excludes halogenated alkanes) is 1. The lowest BCUT2D eigenvalue weighted by Gasteiger charge is -2.30. The Bertz CT molecular complexity index is 842. The van der Waals surface area contributed by atoms with Gasteiger partial charge in [-0.15, -0.1) is 0 Å². The second-order valence-electron chi connectivity index (χ2n) is 7.55. The van der Waals surface area contributed by atoms with Gasteiger partial charge in [-0.1, -0.05) is 24.9 Å². The number of aliphatic hydroxyl groups is 1. The van der Waals surface area contributed by atoms with E-state index in [1.807, 2.05) is 6.92 Å². The molecule has 0 bridgehead atoms. The van der Waals surface area contributed by atoms with E-state index in [9.17, 15) is 19.5 Å². The average molecular weight is 392 g/mol. The number of anilines is 1. The summed E-state index contributed by atoms with van der Waals surface area (Å²) in [5.41, 5.74) is -0.286. The third-order valence-corrected chi connectivity index (χ3v) is 6.19. The molecule has 2 fully saturated rings. The zero-order valence-electron chi connectivity index (χ0n) is 15.2. The van der Waals surface area contributed by atoms with Crippen LogP contribution in [0.4, 0.5) is 5.69 Å². The fraction of sp³-hybridized carbons (Fsp3) is 0.526. The first-order valence-electron chi connectivity index (χ1n) is 9.25. The summed E-state index contributed by atoms with van der Waals surface area (Å²) in [5, 5.41) is 16.7. The molecule has 3 N–H and O–H groups in total. The van der Waals surface area contributed by atoms with Crippen molar-refractivity contribution in [3.05, 3.63) is 28.8 Å². The second-order valence-corrected chi connectivity index (χ2v) is 7.98. The second kappa shape index (κ2) is 6.29. The highest BCUT2D eigenvalue weighted by Gasteiger charge is 2.70. The Morgan fingerprint density at radius 1 is 1.30 bits per heavy atom. The Balaban J connectivity index is 1.86. The minimum atomic E-state index is -1.40. The highest BCUT2D eigenvalue weighted by Crippen LogP contribution is 2.53. The SMILES string of the molecule is CCCCN1C(=O)[C@@H]2C(C(C)O)NC3(C(=O)Nc4ccc(Cl)cc43)[C@@H]2C1=O. The van der Waals surface area contributed by atoms with E-state index in [0.29, 0.717) is 29.2 Å². The third-order valence-electron chi connectivity index (χ3n) is 5.96. The zero-order valence-corrected chi connectivity index (χ0v) is 15.9. The Morgan fingerprint density at radius 2 is 2.04 bits per heavy atom. The van der Waals surface area contributed by atoms with Gasteiger partial charge in [0.15, 0.2) is 0 Å². The van der Waals surface area contributed by atoms with Gasteiger partial charge in [0, 0.05) is 28.9 Å². The molecular formula is C19H22ClN3O4. The average Bonchev–Trinajstić information content (AvgIpc) is 3.20. The Kier molecular flexibility index (Phi) is 4.29. The van der Waals surface area contributed by atoms with Crippen molar-refractivity contribution < 1.29 is 19.5 Å². The molecule has 3 heterocycles. The molecular weight excluding hydrogens is 370 g/mol. The number of benzene rings is 1. The summed E-state index contributed by atoms with van der Waals surface area (Å²) in [4.78, 5) is 40.6. The molecule has 0 radical (unpaired) electrons. The quantitative estimate of drug-likeness (QED) is 0.671. The number of nitrogens with zero attached hydrogens (tertiary/aromatic N) is 1. The minimum Gasteiger partial charge on any atom is -0.392 e. The number of nitrogens with one attached hydrogen (secondary N) is 2. The lowest BCUT2D eigenvalue weighted by molar-refractivity contribution is -0.143. The number of halogens is 1. The number of aliphatic hydroxyl groups excluding tert-OH is 1. The van der Waals surface area contributed by atoms with E-state index in [1.165, 1.54) is 4.90 Å². The van der Waals surface area contributed by atoms with Gasteiger partial charge >= 0.3 is 0 Å². The first-order chi connectivity index (χ1) is 12.8. The Hall–Kier alpha value is -1.96. The molecule has 5 atom stereocenters. The molecule has 3 aliphatic rings. The van der Waals surface area contributed by atoms with Gasteiger partial charge in [-0.05, 0) is 31.5 Å². The van der Waals surface area contributed by atoms with Gasteiger partial charge < -0.3 is 10.4 Å². The van der Waals surface area contributed by atoms with Crippen molar-refractivity contribution in [3.63, 3.8) is 0 Å². The topological polar surface area (TPSA) is 98.7 Å². The van der Waals surface area contributed by atoms with Gasteiger partial charge in [-0.3, -0.25) is 24.6 Å². The predicted octanol–water partition coefficient (Wildman–Crippen LogP) is 1.24. The maximum atomic E-state index is 13.2. The van der Waals surface area contributed by atoms with E-state index in [1.54, 1.807) is 25.1 Å². The van der Waals surface area contributed by atoms with Crippen LogP contribution >= 0.6 is 11.6 Å². The molecule has 27 heavy (non-hydrogen) atoms. The fourth-order valence-corrected chi connectivity index (χ4v) is 4.89. The van der Waals surface area contributed by atoms with Crippen LogP contribution in [0.25, 0.3) is 0 Å². The van der Waals surface area contributed by atoms with Crippen LogP contribution in [0.5, 0.6) is 0 Å². The number of likely N-dealkylation sites (tertiary alicyclic amines) is 1. The number of imide groups is 1. The lowest BCUT2D eigenvalue weighted by atomic mass is 9.76. The van der Waals surface area contributed by atoms with Gasteiger partial charge in [0.05, 0.1) is 17.9 Å². The van der Waals surface area contributed by atoms with Gasteiger partial charge in [-0.2, -0.15) is 0 Å². The fourth-order valence-electron chi connectivity index (χ4n) is 4.71. The molecule has 4 rings (SSSR count). The van der Waals surface area contributed by atoms with Gasteiger partial charge in [0.25, 0.3) is 0 Å². The number of carbonyl (C=O) groups is 3. The van der Waals surface area contributed by atoms with Crippen molar-refractivity contribution in [2.45, 2.75) is 44.4 Å². The number of hydrogen-bond acceptors (Lipinski definition) is 5. The Morgan fingerprint density at radius 3 is 2.70 bits per heavy atom. The number of rotatable bonds is 4. The molecule has 8 heteroatoms. The number of fused-ring (bicyclic) bond motifs is 4. The molecule has 0 aliphatic carbocycles. The van der Waals surface area contributed by atoms with Crippen LogP contribution in [0.15, 0.2) is 18.2 Å². The van der Waals surface area contributed by atoms with Crippen molar-refractivity contribution in [1.82, 2.24) is 10.2 Å². The van der Waals surface area contributed by atoms with Crippen LogP contribution in [0.3, 0.4) is 0 Å².